The molecule has 0 saturated carbocycles. The molecule has 0 aromatic rings. The van der Waals surface area contributed by atoms with Gasteiger partial charge in [0, 0.05) is 26.1 Å². The first-order valence-electron chi connectivity index (χ1n) is 6.18. The van der Waals surface area contributed by atoms with Crippen LogP contribution in [0, 0.1) is 5.92 Å². The second-order valence-electron chi connectivity index (χ2n) is 4.68. The maximum atomic E-state index is 11.8. The molecule has 0 saturated heterocycles. The minimum atomic E-state index is -0.133. The molecule has 0 aliphatic heterocycles. The van der Waals surface area contributed by atoms with Crippen LogP contribution in [0.15, 0.2) is 0 Å². The minimum Gasteiger partial charge on any atom is -0.393 e. The van der Waals surface area contributed by atoms with Crippen molar-refractivity contribution in [3.05, 3.63) is 0 Å². The second-order valence-corrected chi connectivity index (χ2v) is 5.20. The van der Waals surface area contributed by atoms with Gasteiger partial charge in [-0.2, -0.15) is 0 Å². The Labute approximate surface area is 110 Å². The fraction of sp³-hybridized carbons (Fsp3) is 0.833. The molecule has 0 radical (unpaired) electrons. The molecule has 0 aliphatic carbocycles. The van der Waals surface area contributed by atoms with Crippen molar-refractivity contribution in [3.8, 4) is 0 Å². The molecule has 4 nitrogen and oxygen atoms in total. The monoisotopic (exact) mass is 259 g/mol. The Morgan fingerprint density at radius 3 is 2.41 bits per heavy atom. The summed E-state index contributed by atoms with van der Waals surface area (Å²) in [6.45, 7) is 10.4. The van der Waals surface area contributed by atoms with Gasteiger partial charge in [-0.05, 0) is 19.8 Å². The highest BCUT2D eigenvalue weighted by molar-refractivity contribution is 7.80. The van der Waals surface area contributed by atoms with Gasteiger partial charge < -0.3 is 11.1 Å². The van der Waals surface area contributed by atoms with Crippen molar-refractivity contribution in [2.75, 3.05) is 19.6 Å². The summed E-state index contributed by atoms with van der Waals surface area (Å²) in [6, 6.07) is -0.133. The van der Waals surface area contributed by atoms with E-state index in [1.54, 1.807) is 0 Å². The van der Waals surface area contributed by atoms with E-state index in [1.165, 1.54) is 0 Å². The Bertz CT molecular complexity index is 256. The Balaban J connectivity index is 4.43. The van der Waals surface area contributed by atoms with E-state index in [4.69, 9.17) is 18.0 Å². The Morgan fingerprint density at radius 1 is 1.41 bits per heavy atom. The highest BCUT2D eigenvalue weighted by Crippen LogP contribution is 2.06. The number of nitrogens with one attached hydrogen (secondary N) is 1. The van der Waals surface area contributed by atoms with Gasteiger partial charge in [-0.25, -0.2) is 0 Å². The smallest absolute Gasteiger partial charge is 0.237 e. The molecule has 1 atom stereocenters. The van der Waals surface area contributed by atoms with E-state index in [0.29, 0.717) is 23.9 Å². The molecule has 1 unspecified atom stereocenters. The number of hydrogen-bond acceptors (Lipinski definition) is 3. The van der Waals surface area contributed by atoms with Crippen LogP contribution in [0.25, 0.3) is 0 Å². The summed E-state index contributed by atoms with van der Waals surface area (Å²) in [7, 11) is 0. The third-order valence-electron chi connectivity index (χ3n) is 2.52. The molecule has 0 spiro atoms. The number of rotatable bonds is 8. The van der Waals surface area contributed by atoms with Crippen molar-refractivity contribution in [3.63, 3.8) is 0 Å². The Morgan fingerprint density at radius 2 is 2.00 bits per heavy atom. The quantitative estimate of drug-likeness (QED) is 0.642. The van der Waals surface area contributed by atoms with Crippen LogP contribution in [0.5, 0.6) is 0 Å². The van der Waals surface area contributed by atoms with Gasteiger partial charge in [0.1, 0.15) is 0 Å². The van der Waals surface area contributed by atoms with E-state index in [-0.39, 0.29) is 11.9 Å². The summed E-state index contributed by atoms with van der Waals surface area (Å²) in [6.07, 6.45) is 0.659. The van der Waals surface area contributed by atoms with E-state index in [1.807, 2.05) is 13.8 Å². The predicted octanol–water partition coefficient (Wildman–Crippen LogP) is 1.15. The molecule has 5 heteroatoms. The lowest BCUT2D eigenvalue weighted by atomic mass is 10.1. The first-order valence-corrected chi connectivity index (χ1v) is 6.59. The Hall–Kier alpha value is -0.680. The van der Waals surface area contributed by atoms with Crippen LogP contribution in [0.3, 0.4) is 0 Å². The van der Waals surface area contributed by atoms with Crippen LogP contribution in [0.1, 0.15) is 34.1 Å². The first kappa shape index (κ1) is 16.3. The van der Waals surface area contributed by atoms with Gasteiger partial charge in [0.05, 0.1) is 11.0 Å². The van der Waals surface area contributed by atoms with E-state index < -0.39 is 0 Å². The zero-order chi connectivity index (χ0) is 13.4. The molecule has 1 amide bonds. The van der Waals surface area contributed by atoms with Crippen molar-refractivity contribution in [2.45, 2.75) is 40.2 Å². The molecule has 100 valence electrons. The molecular formula is C12H25N3OS. The maximum Gasteiger partial charge on any atom is 0.237 e. The van der Waals surface area contributed by atoms with Gasteiger partial charge >= 0.3 is 0 Å². The van der Waals surface area contributed by atoms with E-state index in [9.17, 15) is 4.79 Å². The lowest BCUT2D eigenvalue weighted by Gasteiger charge is -2.29. The number of amides is 1. The van der Waals surface area contributed by atoms with Gasteiger partial charge in [-0.1, -0.05) is 26.1 Å². The van der Waals surface area contributed by atoms with Gasteiger partial charge in [0.2, 0.25) is 5.91 Å². The standard InChI is InChI=1S/C12H25N3OS/c1-5-14-12(16)10(4)15(8-9(2)3)7-6-11(13)17/h9-10H,5-8H2,1-4H3,(H2,13,17)(H,14,16). The molecule has 0 aromatic carbocycles. The van der Waals surface area contributed by atoms with Crippen LogP contribution in [-0.2, 0) is 4.79 Å². The fourth-order valence-electron chi connectivity index (χ4n) is 1.65. The largest absolute Gasteiger partial charge is 0.393 e. The zero-order valence-electron chi connectivity index (χ0n) is 11.3. The fourth-order valence-corrected chi connectivity index (χ4v) is 1.74. The average molecular weight is 259 g/mol. The highest BCUT2D eigenvalue weighted by Gasteiger charge is 2.21. The van der Waals surface area contributed by atoms with Gasteiger partial charge in [-0.3, -0.25) is 9.69 Å². The van der Waals surface area contributed by atoms with Crippen LogP contribution < -0.4 is 11.1 Å². The zero-order valence-corrected chi connectivity index (χ0v) is 12.1. The van der Waals surface area contributed by atoms with Gasteiger partial charge in [0.25, 0.3) is 0 Å². The summed E-state index contributed by atoms with van der Waals surface area (Å²) in [5.74, 6) is 0.578. The number of nitrogens with two attached hydrogens (primary N) is 1. The van der Waals surface area contributed by atoms with Crippen LogP contribution >= 0.6 is 12.2 Å². The van der Waals surface area contributed by atoms with Crippen molar-refractivity contribution in [1.29, 1.82) is 0 Å². The summed E-state index contributed by atoms with van der Waals surface area (Å²) in [5, 5.41) is 2.84. The van der Waals surface area contributed by atoms with E-state index in [2.05, 4.69) is 24.1 Å². The molecule has 17 heavy (non-hydrogen) atoms. The molecule has 0 aliphatic rings. The van der Waals surface area contributed by atoms with E-state index in [0.717, 1.165) is 13.1 Å². The maximum absolute atomic E-state index is 11.8. The van der Waals surface area contributed by atoms with Gasteiger partial charge in [-0.15, -0.1) is 0 Å². The number of hydrogen-bond donors (Lipinski definition) is 2. The number of thiocarbonyl (C=S) groups is 1. The molecule has 0 bridgehead atoms. The molecule has 3 N–H and O–H groups in total. The molecule has 0 rings (SSSR count). The molecule has 0 heterocycles. The summed E-state index contributed by atoms with van der Waals surface area (Å²) in [5.41, 5.74) is 5.51. The predicted molar refractivity (Wildman–Crippen MR) is 76.0 cm³/mol. The topological polar surface area (TPSA) is 58.4 Å². The minimum absolute atomic E-state index is 0.0658. The molecular weight excluding hydrogens is 234 g/mol. The second kappa shape index (κ2) is 8.42. The third kappa shape index (κ3) is 7.28. The highest BCUT2D eigenvalue weighted by atomic mass is 32.1. The number of carbonyl (C=O) groups excluding carboxylic acids is 1. The Kier molecular flexibility index (Phi) is 8.08. The third-order valence-corrected chi connectivity index (χ3v) is 2.73. The normalized spacial score (nSPS) is 12.8. The van der Waals surface area contributed by atoms with Gasteiger partial charge in [0.15, 0.2) is 0 Å². The molecule has 0 fully saturated rings. The number of carbonyl (C=O) groups is 1. The lowest BCUT2D eigenvalue weighted by molar-refractivity contribution is -0.125. The SMILES string of the molecule is CCNC(=O)C(C)N(CCC(N)=S)CC(C)C. The lowest BCUT2D eigenvalue weighted by Crippen LogP contribution is -2.47. The summed E-state index contributed by atoms with van der Waals surface area (Å²) in [4.78, 5) is 14.4. The van der Waals surface area contributed by atoms with Crippen LogP contribution in [0.4, 0.5) is 0 Å². The van der Waals surface area contributed by atoms with E-state index >= 15 is 0 Å². The summed E-state index contributed by atoms with van der Waals surface area (Å²) >= 11 is 4.88. The van der Waals surface area contributed by atoms with Crippen molar-refractivity contribution in [2.24, 2.45) is 11.7 Å². The van der Waals surface area contributed by atoms with Crippen molar-refractivity contribution < 1.29 is 4.79 Å². The number of likely N-dealkylation sites (N-methyl/N-ethyl adjacent to an activating group) is 1. The first-order chi connectivity index (χ1) is 7.88. The molecule has 0 aromatic heterocycles. The average Bonchev–Trinajstić information content (AvgIpc) is 2.22. The summed E-state index contributed by atoms with van der Waals surface area (Å²) < 4.78 is 0. The van der Waals surface area contributed by atoms with Crippen molar-refractivity contribution in [1.82, 2.24) is 10.2 Å². The van der Waals surface area contributed by atoms with Crippen LogP contribution in [-0.4, -0.2) is 41.5 Å². The van der Waals surface area contributed by atoms with Crippen molar-refractivity contribution >= 4 is 23.1 Å². The number of nitrogens with zero attached hydrogens (tertiary/aromatic N) is 1. The van der Waals surface area contributed by atoms with Crippen LogP contribution in [0.2, 0.25) is 0 Å².